The highest BCUT2D eigenvalue weighted by atomic mass is 35.5. The van der Waals surface area contributed by atoms with Crippen molar-refractivity contribution in [2.75, 3.05) is 11.4 Å². The van der Waals surface area contributed by atoms with Crippen LogP contribution in [0.1, 0.15) is 59.4 Å². The van der Waals surface area contributed by atoms with Gasteiger partial charge in [-0.1, -0.05) is 41.4 Å². The second-order valence-corrected chi connectivity index (χ2v) is 10.6. The summed E-state index contributed by atoms with van der Waals surface area (Å²) in [7, 11) is 0. The lowest BCUT2D eigenvalue weighted by molar-refractivity contribution is -0.132. The van der Waals surface area contributed by atoms with Crippen molar-refractivity contribution in [2.45, 2.75) is 43.8 Å². The zero-order chi connectivity index (χ0) is 27.9. The highest BCUT2D eigenvalue weighted by Crippen LogP contribution is 2.45. The molecule has 0 bridgehead atoms. The molecule has 1 aliphatic heterocycles. The van der Waals surface area contributed by atoms with Crippen LogP contribution in [0.25, 0.3) is 0 Å². The van der Waals surface area contributed by atoms with Crippen LogP contribution in [-0.4, -0.2) is 39.5 Å². The molecule has 0 saturated heterocycles. The minimum absolute atomic E-state index is 0.0185. The summed E-state index contributed by atoms with van der Waals surface area (Å²) in [5.41, 5.74) is -2.92. The van der Waals surface area contributed by atoms with Crippen molar-refractivity contribution < 1.29 is 27.9 Å². The van der Waals surface area contributed by atoms with Crippen molar-refractivity contribution in [3.05, 3.63) is 87.2 Å². The Morgan fingerprint density at radius 1 is 1.10 bits per heavy atom. The number of aromatic nitrogens is 2. The standard InChI is InChI=1S/C27H23Cl2F3N4O3/c28-15-9-18(22(24(31)32)33-11-15)25(37)35-17-7-5-14(6-8-17)13-36-21-4-2-1-3-19(21)27(39,26(36)38)23-20(30)10-16(29)12-34-23/h1-4,9-12,14,17,24,39H,5-8,13H2,(H,35,37)/t14-,17-,27?. The number of benzene rings is 1. The van der Waals surface area contributed by atoms with Crippen molar-refractivity contribution in [3.63, 3.8) is 0 Å². The molecule has 2 aliphatic rings. The van der Waals surface area contributed by atoms with Crippen LogP contribution in [-0.2, 0) is 10.4 Å². The summed E-state index contributed by atoms with van der Waals surface area (Å²) in [6.45, 7) is 0.266. The van der Waals surface area contributed by atoms with E-state index in [9.17, 15) is 27.9 Å². The predicted molar refractivity (Wildman–Crippen MR) is 138 cm³/mol. The molecular weight excluding hydrogens is 556 g/mol. The lowest BCUT2D eigenvalue weighted by atomic mass is 9.85. The van der Waals surface area contributed by atoms with Gasteiger partial charge in [0.1, 0.15) is 17.2 Å². The number of pyridine rings is 2. The van der Waals surface area contributed by atoms with E-state index in [-0.39, 0.29) is 39.7 Å². The highest BCUT2D eigenvalue weighted by molar-refractivity contribution is 6.31. The minimum Gasteiger partial charge on any atom is -0.370 e. The number of alkyl halides is 2. The van der Waals surface area contributed by atoms with Gasteiger partial charge in [0.2, 0.25) is 5.60 Å². The molecule has 2 aromatic heterocycles. The summed E-state index contributed by atoms with van der Waals surface area (Å²) < 4.78 is 41.4. The molecule has 1 fully saturated rings. The number of aliphatic hydroxyl groups is 1. The zero-order valence-electron chi connectivity index (χ0n) is 20.4. The third-order valence-corrected chi connectivity index (χ3v) is 7.66. The maximum atomic E-state index is 14.8. The first-order valence-corrected chi connectivity index (χ1v) is 13.0. The molecular formula is C27H23Cl2F3N4O3. The third-order valence-electron chi connectivity index (χ3n) is 7.25. The molecule has 0 radical (unpaired) electrons. The largest absolute Gasteiger partial charge is 0.370 e. The number of nitrogens with zero attached hydrogens (tertiary/aromatic N) is 3. The molecule has 0 spiro atoms. The Morgan fingerprint density at radius 3 is 2.46 bits per heavy atom. The van der Waals surface area contributed by atoms with Crippen molar-refractivity contribution >= 4 is 40.7 Å². The molecule has 2 N–H and O–H groups in total. The van der Waals surface area contributed by atoms with E-state index < -0.39 is 41.0 Å². The van der Waals surface area contributed by atoms with Crippen molar-refractivity contribution in [2.24, 2.45) is 5.92 Å². The molecule has 7 nitrogen and oxygen atoms in total. The van der Waals surface area contributed by atoms with Crippen LogP contribution in [0.4, 0.5) is 18.9 Å². The van der Waals surface area contributed by atoms with Gasteiger partial charge in [0, 0.05) is 30.5 Å². The van der Waals surface area contributed by atoms with Gasteiger partial charge in [-0.2, -0.15) is 0 Å². The number of carbonyl (C=O) groups excluding carboxylic acids is 2. The predicted octanol–water partition coefficient (Wildman–Crippen LogP) is 5.43. The molecule has 39 heavy (non-hydrogen) atoms. The Kier molecular flexibility index (Phi) is 7.54. The van der Waals surface area contributed by atoms with E-state index in [2.05, 4.69) is 15.3 Å². The molecule has 1 atom stereocenters. The van der Waals surface area contributed by atoms with Crippen LogP contribution in [0.2, 0.25) is 10.0 Å². The maximum absolute atomic E-state index is 14.8. The average Bonchev–Trinajstić information content (AvgIpc) is 3.12. The number of hydrogen-bond acceptors (Lipinski definition) is 5. The fraction of sp³-hybridized carbons (Fsp3) is 0.333. The van der Waals surface area contributed by atoms with Crippen LogP contribution in [0, 0.1) is 11.7 Å². The number of halogens is 5. The van der Waals surface area contributed by atoms with Crippen molar-refractivity contribution in [1.82, 2.24) is 15.3 Å². The van der Waals surface area contributed by atoms with Crippen LogP contribution >= 0.6 is 23.2 Å². The van der Waals surface area contributed by atoms with Gasteiger partial charge < -0.3 is 15.3 Å². The summed E-state index contributed by atoms with van der Waals surface area (Å²) in [6, 6.07) is 8.53. The number of amides is 2. The van der Waals surface area contributed by atoms with Gasteiger partial charge in [-0.15, -0.1) is 0 Å². The Hall–Kier alpha value is -3.21. The zero-order valence-corrected chi connectivity index (χ0v) is 21.9. The molecule has 204 valence electrons. The van der Waals surface area contributed by atoms with E-state index in [1.54, 1.807) is 24.3 Å². The first-order valence-electron chi connectivity index (χ1n) is 12.3. The molecule has 1 unspecified atom stereocenters. The topological polar surface area (TPSA) is 95.4 Å². The number of carbonyl (C=O) groups is 2. The third kappa shape index (κ3) is 5.08. The van der Waals surface area contributed by atoms with E-state index in [1.807, 2.05) is 0 Å². The molecule has 12 heteroatoms. The second kappa shape index (κ2) is 10.7. The molecule has 5 rings (SSSR count). The van der Waals surface area contributed by atoms with E-state index in [1.165, 1.54) is 17.2 Å². The number of anilines is 1. The van der Waals surface area contributed by atoms with Gasteiger partial charge >= 0.3 is 0 Å². The smallest absolute Gasteiger partial charge is 0.281 e. The summed E-state index contributed by atoms with van der Waals surface area (Å²) in [5, 5.41) is 14.4. The van der Waals surface area contributed by atoms with Gasteiger partial charge in [-0.25, -0.2) is 13.2 Å². The van der Waals surface area contributed by atoms with Crippen molar-refractivity contribution in [3.8, 4) is 0 Å². The number of rotatable bonds is 6. The SMILES string of the molecule is O=C(N[C@H]1CC[C@H](CN2C(=O)C(O)(c3ncc(Cl)cc3F)c3ccccc32)CC1)c1cc(Cl)cnc1C(F)F. The Labute approximate surface area is 232 Å². The number of fused-ring (bicyclic) bond motifs is 1. The quantitative estimate of drug-likeness (QED) is 0.406. The summed E-state index contributed by atoms with van der Waals surface area (Å²) >= 11 is 11.7. The van der Waals surface area contributed by atoms with Crippen LogP contribution in [0.3, 0.4) is 0 Å². The fourth-order valence-electron chi connectivity index (χ4n) is 5.34. The molecule has 1 aromatic carbocycles. The second-order valence-electron chi connectivity index (χ2n) is 9.71. The van der Waals surface area contributed by atoms with Gasteiger partial charge in [0.05, 0.1) is 21.3 Å². The van der Waals surface area contributed by atoms with Gasteiger partial charge in [-0.3, -0.25) is 19.6 Å². The van der Waals surface area contributed by atoms with E-state index in [4.69, 9.17) is 23.2 Å². The van der Waals surface area contributed by atoms with Crippen LogP contribution in [0.5, 0.6) is 0 Å². The first kappa shape index (κ1) is 27.4. The van der Waals surface area contributed by atoms with Crippen LogP contribution < -0.4 is 10.2 Å². The van der Waals surface area contributed by atoms with Gasteiger partial charge in [0.25, 0.3) is 18.2 Å². The highest BCUT2D eigenvalue weighted by Gasteiger charge is 2.53. The molecule has 3 heterocycles. The van der Waals surface area contributed by atoms with Crippen LogP contribution in [0.15, 0.2) is 48.8 Å². The fourth-order valence-corrected chi connectivity index (χ4v) is 5.64. The Balaban J connectivity index is 1.28. The summed E-state index contributed by atoms with van der Waals surface area (Å²) in [6.07, 6.45) is 1.68. The van der Waals surface area contributed by atoms with E-state index in [0.717, 1.165) is 12.3 Å². The normalized spacial score (nSPS) is 22.7. The van der Waals surface area contributed by atoms with E-state index in [0.29, 0.717) is 31.4 Å². The Bertz CT molecular complexity index is 1440. The monoisotopic (exact) mass is 578 g/mol. The molecule has 3 aromatic rings. The first-order chi connectivity index (χ1) is 18.6. The van der Waals surface area contributed by atoms with Crippen molar-refractivity contribution in [1.29, 1.82) is 0 Å². The lowest BCUT2D eigenvalue weighted by Gasteiger charge is -2.32. The molecule has 1 aliphatic carbocycles. The van der Waals surface area contributed by atoms with Gasteiger partial charge in [0.15, 0.2) is 0 Å². The number of nitrogens with one attached hydrogen (secondary N) is 1. The average molecular weight is 579 g/mol. The lowest BCUT2D eigenvalue weighted by Crippen LogP contribution is -2.45. The minimum atomic E-state index is -2.92. The molecule has 1 saturated carbocycles. The molecule has 2 amide bonds. The number of hydrogen-bond donors (Lipinski definition) is 2. The summed E-state index contributed by atoms with van der Waals surface area (Å²) in [5.74, 6) is -2.25. The van der Waals surface area contributed by atoms with Gasteiger partial charge in [-0.05, 0) is 49.8 Å². The van der Waals surface area contributed by atoms with E-state index >= 15 is 0 Å². The number of para-hydroxylation sites is 1. The Morgan fingerprint density at radius 2 is 1.77 bits per heavy atom. The maximum Gasteiger partial charge on any atom is 0.281 e. The summed E-state index contributed by atoms with van der Waals surface area (Å²) in [4.78, 5) is 35.3.